The molecule has 5 heteroatoms. The number of halogens is 2. The molecule has 1 aromatic carbocycles. The molecule has 0 aliphatic rings. The Labute approximate surface area is 112 Å². The quantitative estimate of drug-likeness (QED) is 0.877. The van der Waals surface area contributed by atoms with E-state index in [4.69, 9.17) is 0 Å². The molecule has 1 aromatic rings. The number of benzene rings is 1. The highest BCUT2D eigenvalue weighted by Gasteiger charge is 2.09. The summed E-state index contributed by atoms with van der Waals surface area (Å²) in [5, 5.41) is 5.82. The van der Waals surface area contributed by atoms with Gasteiger partial charge >= 0.3 is 0 Å². The zero-order chi connectivity index (χ0) is 12.1. The lowest BCUT2D eigenvalue weighted by Crippen LogP contribution is -2.28. The summed E-state index contributed by atoms with van der Waals surface area (Å²) in [4.78, 5) is 11.5. The Morgan fingerprint density at radius 2 is 1.88 bits per heavy atom. The summed E-state index contributed by atoms with van der Waals surface area (Å²) < 4.78 is 1.76. The van der Waals surface area contributed by atoms with Crippen LogP contribution in [0.1, 0.15) is 12.5 Å². The SMILES string of the molecule is CCNCC(=O)Nc1c(Br)cc(C)cc1Br. The minimum atomic E-state index is -0.0490. The molecule has 0 saturated heterocycles. The van der Waals surface area contributed by atoms with Gasteiger partial charge in [-0.2, -0.15) is 0 Å². The predicted octanol–water partition coefficient (Wildman–Crippen LogP) is 3.07. The van der Waals surface area contributed by atoms with Crippen LogP contribution in [-0.2, 0) is 4.79 Å². The molecule has 0 bridgehead atoms. The zero-order valence-electron chi connectivity index (χ0n) is 9.23. The van der Waals surface area contributed by atoms with Gasteiger partial charge in [0.05, 0.1) is 12.2 Å². The van der Waals surface area contributed by atoms with E-state index in [0.29, 0.717) is 6.54 Å². The van der Waals surface area contributed by atoms with Crippen molar-refractivity contribution in [2.24, 2.45) is 0 Å². The summed E-state index contributed by atoms with van der Waals surface area (Å²) in [6, 6.07) is 3.93. The maximum Gasteiger partial charge on any atom is 0.238 e. The van der Waals surface area contributed by atoms with Crippen LogP contribution < -0.4 is 10.6 Å². The zero-order valence-corrected chi connectivity index (χ0v) is 12.4. The van der Waals surface area contributed by atoms with E-state index in [1.54, 1.807) is 0 Å². The Bertz CT molecular complexity index is 371. The first-order chi connectivity index (χ1) is 7.54. The molecular weight excluding hydrogens is 336 g/mol. The molecule has 0 spiro atoms. The molecule has 0 fully saturated rings. The summed E-state index contributed by atoms with van der Waals surface area (Å²) in [5.41, 5.74) is 1.90. The summed E-state index contributed by atoms with van der Waals surface area (Å²) >= 11 is 6.86. The van der Waals surface area contributed by atoms with Crippen LogP contribution in [0.3, 0.4) is 0 Å². The number of amides is 1. The first-order valence-electron chi connectivity index (χ1n) is 5.00. The van der Waals surface area contributed by atoms with Crippen molar-refractivity contribution in [1.82, 2.24) is 5.32 Å². The molecule has 0 aliphatic heterocycles. The first-order valence-corrected chi connectivity index (χ1v) is 6.59. The van der Waals surface area contributed by atoms with Gasteiger partial charge in [0.25, 0.3) is 0 Å². The van der Waals surface area contributed by atoms with Gasteiger partial charge in [0.15, 0.2) is 0 Å². The van der Waals surface area contributed by atoms with Gasteiger partial charge in [-0.3, -0.25) is 4.79 Å². The fourth-order valence-electron chi connectivity index (χ4n) is 1.24. The molecule has 0 radical (unpaired) electrons. The highest BCUT2D eigenvalue weighted by atomic mass is 79.9. The summed E-state index contributed by atoms with van der Waals surface area (Å²) in [6.45, 7) is 5.07. The largest absolute Gasteiger partial charge is 0.323 e. The van der Waals surface area contributed by atoms with Crippen molar-refractivity contribution in [1.29, 1.82) is 0 Å². The van der Waals surface area contributed by atoms with Gasteiger partial charge in [0.2, 0.25) is 5.91 Å². The molecule has 1 amide bonds. The topological polar surface area (TPSA) is 41.1 Å². The van der Waals surface area contributed by atoms with Crippen molar-refractivity contribution in [3.63, 3.8) is 0 Å². The van der Waals surface area contributed by atoms with Crippen molar-refractivity contribution < 1.29 is 4.79 Å². The van der Waals surface area contributed by atoms with Crippen LogP contribution in [0, 0.1) is 6.92 Å². The molecule has 16 heavy (non-hydrogen) atoms. The number of carbonyl (C=O) groups is 1. The molecule has 0 heterocycles. The summed E-state index contributed by atoms with van der Waals surface area (Å²) in [7, 11) is 0. The summed E-state index contributed by atoms with van der Waals surface area (Å²) in [5.74, 6) is -0.0490. The molecule has 2 N–H and O–H groups in total. The third-order valence-corrected chi connectivity index (χ3v) is 3.24. The lowest BCUT2D eigenvalue weighted by molar-refractivity contribution is -0.115. The van der Waals surface area contributed by atoms with E-state index >= 15 is 0 Å². The average molecular weight is 350 g/mol. The van der Waals surface area contributed by atoms with Crippen LogP contribution in [0.5, 0.6) is 0 Å². The fraction of sp³-hybridized carbons (Fsp3) is 0.364. The Hall–Kier alpha value is -0.390. The van der Waals surface area contributed by atoms with E-state index in [1.807, 2.05) is 26.0 Å². The Morgan fingerprint density at radius 3 is 2.38 bits per heavy atom. The van der Waals surface area contributed by atoms with Crippen LogP contribution in [0.15, 0.2) is 21.1 Å². The average Bonchev–Trinajstić information content (AvgIpc) is 2.20. The second-order valence-corrected chi connectivity index (χ2v) is 5.14. The van der Waals surface area contributed by atoms with Crippen LogP contribution in [0.25, 0.3) is 0 Å². The molecule has 0 unspecified atom stereocenters. The fourth-order valence-corrected chi connectivity index (χ4v) is 2.86. The Balaban J connectivity index is 2.77. The van der Waals surface area contributed by atoms with Gasteiger partial charge < -0.3 is 10.6 Å². The molecule has 0 saturated carbocycles. The maximum absolute atomic E-state index is 11.5. The minimum absolute atomic E-state index is 0.0490. The highest BCUT2D eigenvalue weighted by molar-refractivity contribution is 9.11. The Morgan fingerprint density at radius 1 is 1.31 bits per heavy atom. The molecule has 3 nitrogen and oxygen atoms in total. The lowest BCUT2D eigenvalue weighted by atomic mass is 10.2. The van der Waals surface area contributed by atoms with Gasteiger partial charge in [0.1, 0.15) is 0 Å². The van der Waals surface area contributed by atoms with Crippen molar-refractivity contribution >= 4 is 43.5 Å². The van der Waals surface area contributed by atoms with Gasteiger partial charge in [-0.25, -0.2) is 0 Å². The van der Waals surface area contributed by atoms with Gasteiger partial charge in [-0.1, -0.05) is 6.92 Å². The minimum Gasteiger partial charge on any atom is -0.323 e. The van der Waals surface area contributed by atoms with E-state index in [0.717, 1.165) is 26.7 Å². The summed E-state index contributed by atoms with van der Waals surface area (Å²) in [6.07, 6.45) is 0. The number of hydrogen-bond donors (Lipinski definition) is 2. The van der Waals surface area contributed by atoms with Crippen molar-refractivity contribution in [3.05, 3.63) is 26.6 Å². The van der Waals surface area contributed by atoms with E-state index < -0.39 is 0 Å². The number of anilines is 1. The van der Waals surface area contributed by atoms with E-state index in [-0.39, 0.29) is 5.91 Å². The second kappa shape index (κ2) is 6.37. The van der Waals surface area contributed by atoms with Gasteiger partial charge in [0, 0.05) is 8.95 Å². The molecular formula is C11H14Br2N2O. The van der Waals surface area contributed by atoms with Crippen LogP contribution in [-0.4, -0.2) is 19.0 Å². The van der Waals surface area contributed by atoms with Gasteiger partial charge in [-0.15, -0.1) is 0 Å². The molecule has 0 aromatic heterocycles. The maximum atomic E-state index is 11.5. The normalized spacial score (nSPS) is 10.2. The number of likely N-dealkylation sites (N-methyl/N-ethyl adjacent to an activating group) is 1. The number of carbonyl (C=O) groups excluding carboxylic acids is 1. The standard InChI is InChI=1S/C11H14Br2N2O/c1-3-14-6-10(16)15-11-8(12)4-7(2)5-9(11)13/h4-5,14H,3,6H2,1-2H3,(H,15,16). The highest BCUT2D eigenvalue weighted by Crippen LogP contribution is 2.32. The van der Waals surface area contributed by atoms with Crippen molar-refractivity contribution in [2.75, 3.05) is 18.4 Å². The predicted molar refractivity (Wildman–Crippen MR) is 73.8 cm³/mol. The molecule has 1 rings (SSSR count). The lowest BCUT2D eigenvalue weighted by Gasteiger charge is -2.10. The van der Waals surface area contributed by atoms with Crippen LogP contribution in [0.4, 0.5) is 5.69 Å². The number of nitrogens with one attached hydrogen (secondary N) is 2. The number of rotatable bonds is 4. The first kappa shape index (κ1) is 13.7. The molecule has 0 aliphatic carbocycles. The van der Waals surface area contributed by atoms with Gasteiger partial charge in [-0.05, 0) is 63.0 Å². The van der Waals surface area contributed by atoms with E-state index in [2.05, 4.69) is 42.5 Å². The van der Waals surface area contributed by atoms with E-state index in [1.165, 1.54) is 0 Å². The second-order valence-electron chi connectivity index (χ2n) is 3.43. The number of hydrogen-bond acceptors (Lipinski definition) is 2. The third-order valence-electron chi connectivity index (χ3n) is 1.99. The van der Waals surface area contributed by atoms with Crippen molar-refractivity contribution in [2.45, 2.75) is 13.8 Å². The van der Waals surface area contributed by atoms with Crippen LogP contribution >= 0.6 is 31.9 Å². The van der Waals surface area contributed by atoms with Crippen LogP contribution in [0.2, 0.25) is 0 Å². The van der Waals surface area contributed by atoms with Crippen molar-refractivity contribution in [3.8, 4) is 0 Å². The Kier molecular flexibility index (Phi) is 5.44. The third kappa shape index (κ3) is 3.88. The molecule has 0 atom stereocenters. The molecule has 88 valence electrons. The monoisotopic (exact) mass is 348 g/mol. The smallest absolute Gasteiger partial charge is 0.238 e. The van der Waals surface area contributed by atoms with E-state index in [9.17, 15) is 4.79 Å². The number of aryl methyl sites for hydroxylation is 1.